The van der Waals surface area contributed by atoms with Gasteiger partial charge in [-0.05, 0) is 18.6 Å². The maximum atomic E-state index is 11.0. The smallest absolute Gasteiger partial charge is 0.293 e. The van der Waals surface area contributed by atoms with Gasteiger partial charge < -0.3 is 10.3 Å². The van der Waals surface area contributed by atoms with Crippen molar-refractivity contribution in [1.82, 2.24) is 9.97 Å². The van der Waals surface area contributed by atoms with Crippen molar-refractivity contribution in [3.8, 4) is 6.07 Å². The van der Waals surface area contributed by atoms with Crippen molar-refractivity contribution in [3.63, 3.8) is 0 Å². The Bertz CT molecular complexity index is 631. The fourth-order valence-corrected chi connectivity index (χ4v) is 1.82. The molecule has 1 aromatic heterocycles. The molecule has 0 spiro atoms. The number of rotatable bonds is 6. The number of imidazole rings is 1. The summed E-state index contributed by atoms with van der Waals surface area (Å²) < 4.78 is 0. The number of benzene rings is 1. The number of anilines is 1. The number of nitriles is 1. The standard InChI is InChI=1S/C13H13N5O2/c14-9-10-3-4-11(12(8-10)18(19)20)15-5-1-2-13-16-6-7-17-13/h3-4,6-8,15H,1-2,5H2,(H,16,17). The molecule has 0 amide bonds. The number of hydrogen-bond acceptors (Lipinski definition) is 5. The largest absolute Gasteiger partial charge is 0.379 e. The Labute approximate surface area is 115 Å². The molecule has 0 unspecified atom stereocenters. The van der Waals surface area contributed by atoms with Gasteiger partial charge in [0, 0.05) is 31.4 Å². The minimum atomic E-state index is -0.490. The van der Waals surface area contributed by atoms with Crippen LogP contribution in [-0.4, -0.2) is 21.4 Å². The fraction of sp³-hybridized carbons (Fsp3) is 0.231. The maximum Gasteiger partial charge on any atom is 0.293 e. The van der Waals surface area contributed by atoms with E-state index < -0.39 is 4.92 Å². The van der Waals surface area contributed by atoms with Gasteiger partial charge >= 0.3 is 0 Å². The maximum absolute atomic E-state index is 11.0. The summed E-state index contributed by atoms with van der Waals surface area (Å²) in [7, 11) is 0. The predicted octanol–water partition coefficient (Wildman–Crippen LogP) is 2.23. The van der Waals surface area contributed by atoms with Crippen LogP contribution in [0.5, 0.6) is 0 Å². The molecule has 1 heterocycles. The van der Waals surface area contributed by atoms with Crippen LogP contribution in [0.1, 0.15) is 17.8 Å². The quantitative estimate of drug-likeness (QED) is 0.476. The van der Waals surface area contributed by atoms with Gasteiger partial charge in [-0.15, -0.1) is 0 Å². The van der Waals surface area contributed by atoms with Gasteiger partial charge in [0.2, 0.25) is 0 Å². The van der Waals surface area contributed by atoms with Crippen molar-refractivity contribution in [2.75, 3.05) is 11.9 Å². The molecule has 0 aliphatic rings. The summed E-state index contributed by atoms with van der Waals surface area (Å²) in [5.41, 5.74) is 0.619. The minimum Gasteiger partial charge on any atom is -0.379 e. The Morgan fingerprint density at radius 1 is 1.50 bits per heavy atom. The zero-order valence-corrected chi connectivity index (χ0v) is 10.7. The van der Waals surface area contributed by atoms with Crippen LogP contribution in [0.4, 0.5) is 11.4 Å². The monoisotopic (exact) mass is 271 g/mol. The van der Waals surface area contributed by atoms with Crippen LogP contribution < -0.4 is 5.32 Å². The Balaban J connectivity index is 1.95. The van der Waals surface area contributed by atoms with Crippen LogP contribution in [0.25, 0.3) is 0 Å². The van der Waals surface area contributed by atoms with Crippen LogP contribution in [0.2, 0.25) is 0 Å². The molecule has 0 aliphatic carbocycles. The first-order valence-electron chi connectivity index (χ1n) is 6.11. The van der Waals surface area contributed by atoms with Crippen molar-refractivity contribution >= 4 is 11.4 Å². The number of H-pyrrole nitrogens is 1. The topological polar surface area (TPSA) is 108 Å². The molecule has 2 aromatic rings. The molecule has 102 valence electrons. The molecule has 2 rings (SSSR count). The molecule has 0 atom stereocenters. The molecule has 2 N–H and O–H groups in total. The molecular weight excluding hydrogens is 258 g/mol. The first kappa shape index (κ1) is 13.5. The normalized spacial score (nSPS) is 9.95. The third-order valence-electron chi connectivity index (χ3n) is 2.78. The number of nitrogens with one attached hydrogen (secondary N) is 2. The second-order valence-electron chi connectivity index (χ2n) is 4.17. The summed E-state index contributed by atoms with van der Waals surface area (Å²) in [4.78, 5) is 17.6. The van der Waals surface area contributed by atoms with E-state index in [0.29, 0.717) is 12.2 Å². The Hall–Kier alpha value is -2.88. The number of nitro groups is 1. The predicted molar refractivity (Wildman–Crippen MR) is 73.2 cm³/mol. The van der Waals surface area contributed by atoms with Crippen LogP contribution in [0.15, 0.2) is 30.6 Å². The summed E-state index contributed by atoms with van der Waals surface area (Å²) in [6.45, 7) is 0.591. The van der Waals surface area contributed by atoms with E-state index in [1.165, 1.54) is 6.07 Å². The van der Waals surface area contributed by atoms with Crippen LogP contribution in [0.3, 0.4) is 0 Å². The van der Waals surface area contributed by atoms with Crippen LogP contribution in [0, 0.1) is 21.4 Å². The van der Waals surface area contributed by atoms with E-state index in [0.717, 1.165) is 18.7 Å². The van der Waals surface area contributed by atoms with Crippen molar-refractivity contribution in [3.05, 3.63) is 52.1 Å². The van der Waals surface area contributed by atoms with Crippen molar-refractivity contribution < 1.29 is 4.92 Å². The van der Waals surface area contributed by atoms with Gasteiger partial charge in [-0.25, -0.2) is 4.98 Å². The Kier molecular flexibility index (Phi) is 4.29. The van der Waals surface area contributed by atoms with Gasteiger partial charge in [0.05, 0.1) is 16.6 Å². The van der Waals surface area contributed by atoms with E-state index in [1.54, 1.807) is 24.5 Å². The van der Waals surface area contributed by atoms with Gasteiger partial charge in [0.1, 0.15) is 11.5 Å². The third-order valence-corrected chi connectivity index (χ3v) is 2.78. The fourth-order valence-electron chi connectivity index (χ4n) is 1.82. The van der Waals surface area contributed by atoms with Gasteiger partial charge in [-0.2, -0.15) is 5.26 Å². The molecule has 0 saturated carbocycles. The lowest BCUT2D eigenvalue weighted by atomic mass is 10.2. The first-order valence-corrected chi connectivity index (χ1v) is 6.11. The van der Waals surface area contributed by atoms with Gasteiger partial charge in [-0.3, -0.25) is 10.1 Å². The summed E-state index contributed by atoms with van der Waals surface area (Å²) in [5.74, 6) is 0.890. The molecular formula is C13H13N5O2. The molecule has 0 saturated heterocycles. The molecule has 0 radical (unpaired) electrons. The highest BCUT2D eigenvalue weighted by Gasteiger charge is 2.14. The molecule has 1 aromatic carbocycles. The number of nitrogens with zero attached hydrogens (tertiary/aromatic N) is 3. The number of hydrogen-bond donors (Lipinski definition) is 2. The summed E-state index contributed by atoms with van der Waals surface area (Å²) in [5, 5.41) is 22.7. The second kappa shape index (κ2) is 6.33. The molecule has 0 bridgehead atoms. The summed E-state index contributed by atoms with van der Waals surface area (Å²) in [6.07, 6.45) is 5.01. The van der Waals surface area contributed by atoms with Gasteiger partial charge in [-0.1, -0.05) is 0 Å². The van der Waals surface area contributed by atoms with Crippen molar-refractivity contribution in [2.45, 2.75) is 12.8 Å². The SMILES string of the molecule is N#Cc1ccc(NCCCc2ncc[nH]2)c([N+](=O)[O-])c1. The van der Waals surface area contributed by atoms with E-state index in [-0.39, 0.29) is 11.3 Å². The van der Waals surface area contributed by atoms with Crippen LogP contribution in [-0.2, 0) is 6.42 Å². The van der Waals surface area contributed by atoms with Crippen LogP contribution >= 0.6 is 0 Å². The number of nitro benzene ring substituents is 1. The zero-order chi connectivity index (χ0) is 14.4. The van der Waals surface area contributed by atoms with Gasteiger partial charge in [0.25, 0.3) is 5.69 Å². The number of aromatic amines is 1. The average molecular weight is 271 g/mol. The molecule has 0 fully saturated rings. The lowest BCUT2D eigenvalue weighted by Gasteiger charge is -2.06. The number of aromatic nitrogens is 2. The molecule has 20 heavy (non-hydrogen) atoms. The van der Waals surface area contributed by atoms with Gasteiger partial charge in [0.15, 0.2) is 0 Å². The highest BCUT2D eigenvalue weighted by Crippen LogP contribution is 2.25. The number of aryl methyl sites for hydroxylation is 1. The third kappa shape index (κ3) is 3.32. The summed E-state index contributed by atoms with van der Waals surface area (Å²) >= 11 is 0. The van der Waals surface area contributed by atoms with E-state index in [4.69, 9.17) is 5.26 Å². The van der Waals surface area contributed by atoms with E-state index >= 15 is 0 Å². The molecule has 7 nitrogen and oxygen atoms in total. The second-order valence-corrected chi connectivity index (χ2v) is 4.17. The Morgan fingerprint density at radius 3 is 3.00 bits per heavy atom. The average Bonchev–Trinajstić information content (AvgIpc) is 2.96. The first-order chi connectivity index (χ1) is 9.70. The highest BCUT2D eigenvalue weighted by atomic mass is 16.6. The summed E-state index contributed by atoms with van der Waals surface area (Å²) in [6, 6.07) is 6.28. The molecule has 0 aliphatic heterocycles. The van der Waals surface area contributed by atoms with E-state index in [1.807, 2.05) is 6.07 Å². The van der Waals surface area contributed by atoms with Crippen molar-refractivity contribution in [2.24, 2.45) is 0 Å². The molecule has 7 heteroatoms. The highest BCUT2D eigenvalue weighted by molar-refractivity contribution is 5.63. The zero-order valence-electron chi connectivity index (χ0n) is 10.7. The lowest BCUT2D eigenvalue weighted by Crippen LogP contribution is -2.06. The lowest BCUT2D eigenvalue weighted by molar-refractivity contribution is -0.384. The van der Waals surface area contributed by atoms with E-state index in [9.17, 15) is 10.1 Å². The van der Waals surface area contributed by atoms with Crippen molar-refractivity contribution in [1.29, 1.82) is 5.26 Å². The Morgan fingerprint density at radius 2 is 2.35 bits per heavy atom. The van der Waals surface area contributed by atoms with E-state index in [2.05, 4.69) is 15.3 Å². The minimum absolute atomic E-state index is 0.0814.